The molecule has 138 valence electrons. The fourth-order valence-electron chi connectivity index (χ4n) is 2.13. The van der Waals surface area contributed by atoms with Crippen LogP contribution in [0.1, 0.15) is 16.8 Å². The van der Waals surface area contributed by atoms with E-state index in [9.17, 15) is 18.4 Å². The second-order valence-electron chi connectivity index (χ2n) is 5.28. The van der Waals surface area contributed by atoms with Crippen LogP contribution in [-0.4, -0.2) is 32.6 Å². The molecule has 0 aliphatic rings. The average Bonchev–Trinajstić information content (AvgIpc) is 2.63. The second-order valence-corrected chi connectivity index (χ2v) is 5.28. The minimum atomic E-state index is -0.870. The molecule has 0 unspecified atom stereocenters. The third-order valence-electron chi connectivity index (χ3n) is 3.46. The fraction of sp³-hybridized carbons (Fsp3) is 0.222. The molecule has 0 fully saturated rings. The first-order valence-corrected chi connectivity index (χ1v) is 7.69. The van der Waals surface area contributed by atoms with E-state index in [0.29, 0.717) is 23.1 Å². The number of ether oxygens (including phenoxy) is 2. The lowest BCUT2D eigenvalue weighted by molar-refractivity contribution is -0.116. The summed E-state index contributed by atoms with van der Waals surface area (Å²) in [6.45, 7) is 0.0347. The molecule has 0 radical (unpaired) electrons. The fourth-order valence-corrected chi connectivity index (χ4v) is 2.13. The molecule has 0 aliphatic carbocycles. The van der Waals surface area contributed by atoms with E-state index in [1.54, 1.807) is 6.07 Å². The Morgan fingerprint density at radius 3 is 2.23 bits per heavy atom. The summed E-state index contributed by atoms with van der Waals surface area (Å²) in [5.74, 6) is -1.62. The minimum absolute atomic E-state index is 0.0347. The first kappa shape index (κ1) is 19.2. The maximum Gasteiger partial charge on any atom is 0.251 e. The molecule has 0 spiro atoms. The lowest BCUT2D eigenvalue weighted by Crippen LogP contribution is -2.27. The van der Waals surface area contributed by atoms with E-state index in [-0.39, 0.29) is 18.7 Å². The molecule has 0 aliphatic heterocycles. The molecule has 0 bridgehead atoms. The number of hydrogen-bond acceptors (Lipinski definition) is 4. The number of methoxy groups -OCH3 is 2. The van der Waals surface area contributed by atoms with Crippen molar-refractivity contribution in [3.63, 3.8) is 0 Å². The topological polar surface area (TPSA) is 76.7 Å². The van der Waals surface area contributed by atoms with Crippen molar-refractivity contribution in [1.29, 1.82) is 0 Å². The van der Waals surface area contributed by atoms with Gasteiger partial charge in [-0.1, -0.05) is 0 Å². The van der Waals surface area contributed by atoms with Gasteiger partial charge in [-0.15, -0.1) is 0 Å². The van der Waals surface area contributed by atoms with Crippen molar-refractivity contribution >= 4 is 17.5 Å². The van der Waals surface area contributed by atoms with Crippen LogP contribution >= 0.6 is 0 Å². The van der Waals surface area contributed by atoms with E-state index in [1.807, 2.05) is 0 Å². The van der Waals surface area contributed by atoms with Gasteiger partial charge in [-0.2, -0.15) is 0 Å². The van der Waals surface area contributed by atoms with Crippen LogP contribution in [0.3, 0.4) is 0 Å². The third kappa shape index (κ3) is 5.17. The molecule has 8 heteroatoms. The van der Waals surface area contributed by atoms with Crippen molar-refractivity contribution in [2.75, 3.05) is 26.1 Å². The number of hydrogen-bond donors (Lipinski definition) is 2. The number of benzene rings is 2. The maximum absolute atomic E-state index is 13.5. The zero-order chi connectivity index (χ0) is 19.1. The van der Waals surface area contributed by atoms with Crippen LogP contribution in [0.5, 0.6) is 11.5 Å². The van der Waals surface area contributed by atoms with Gasteiger partial charge in [0.1, 0.15) is 23.1 Å². The number of carbonyl (C=O) groups is 2. The van der Waals surface area contributed by atoms with Crippen LogP contribution in [-0.2, 0) is 4.79 Å². The first-order valence-electron chi connectivity index (χ1n) is 7.69. The summed E-state index contributed by atoms with van der Waals surface area (Å²) in [6, 6.07) is 7.53. The van der Waals surface area contributed by atoms with Crippen molar-refractivity contribution in [2.24, 2.45) is 0 Å². The van der Waals surface area contributed by atoms with Gasteiger partial charge in [-0.25, -0.2) is 8.78 Å². The predicted molar refractivity (Wildman–Crippen MR) is 91.5 cm³/mol. The van der Waals surface area contributed by atoms with E-state index in [0.717, 1.165) is 12.1 Å². The number of rotatable bonds is 7. The van der Waals surface area contributed by atoms with Crippen LogP contribution in [0.15, 0.2) is 36.4 Å². The highest BCUT2D eigenvalue weighted by atomic mass is 19.1. The summed E-state index contributed by atoms with van der Waals surface area (Å²) in [5.41, 5.74) is 0.187. The molecule has 2 aromatic carbocycles. The Morgan fingerprint density at radius 2 is 1.65 bits per heavy atom. The minimum Gasteiger partial charge on any atom is -0.497 e. The molecule has 0 heterocycles. The first-order chi connectivity index (χ1) is 12.4. The van der Waals surface area contributed by atoms with Gasteiger partial charge in [0.25, 0.3) is 5.91 Å². The van der Waals surface area contributed by atoms with Crippen molar-refractivity contribution in [3.05, 3.63) is 53.6 Å². The van der Waals surface area contributed by atoms with E-state index in [1.165, 1.54) is 26.4 Å². The number of nitrogens with one attached hydrogen (secondary N) is 2. The van der Waals surface area contributed by atoms with E-state index >= 15 is 0 Å². The molecule has 2 aromatic rings. The predicted octanol–water partition coefficient (Wildman–Crippen LogP) is 2.74. The Hall–Kier alpha value is -3.16. The van der Waals surface area contributed by atoms with Gasteiger partial charge >= 0.3 is 0 Å². The Morgan fingerprint density at radius 1 is 1.00 bits per heavy atom. The lowest BCUT2D eigenvalue weighted by atomic mass is 10.2. The Kier molecular flexibility index (Phi) is 6.48. The van der Waals surface area contributed by atoms with Crippen LogP contribution in [0.4, 0.5) is 14.5 Å². The van der Waals surface area contributed by atoms with Gasteiger partial charge < -0.3 is 20.1 Å². The van der Waals surface area contributed by atoms with Crippen molar-refractivity contribution < 1.29 is 27.8 Å². The number of carbonyl (C=O) groups excluding carboxylic acids is 2. The normalized spacial score (nSPS) is 10.2. The van der Waals surface area contributed by atoms with Gasteiger partial charge in [0, 0.05) is 30.7 Å². The van der Waals surface area contributed by atoms with Gasteiger partial charge in [0.05, 0.1) is 19.9 Å². The standard InChI is InChI=1S/C18H18F2N2O4/c1-25-13-7-11(8-14(10-13)26-2)18(24)21-6-5-17(23)22-16-4-3-12(19)9-15(16)20/h3-4,7-10H,5-6H2,1-2H3,(H,21,24)(H,22,23). The molecule has 0 saturated heterocycles. The zero-order valence-corrected chi connectivity index (χ0v) is 14.3. The van der Waals surface area contributed by atoms with Crippen LogP contribution in [0.2, 0.25) is 0 Å². The molecule has 2 rings (SSSR count). The molecule has 6 nitrogen and oxygen atoms in total. The lowest BCUT2D eigenvalue weighted by Gasteiger charge is -2.10. The average molecular weight is 364 g/mol. The number of halogens is 2. The summed E-state index contributed by atoms with van der Waals surface area (Å²) < 4.78 is 36.5. The largest absolute Gasteiger partial charge is 0.497 e. The molecular formula is C18H18F2N2O4. The molecular weight excluding hydrogens is 346 g/mol. The van der Waals surface area contributed by atoms with Crippen molar-refractivity contribution in [2.45, 2.75) is 6.42 Å². The molecule has 0 saturated carbocycles. The summed E-state index contributed by atoms with van der Waals surface area (Å²) in [4.78, 5) is 24.0. The second kappa shape index (κ2) is 8.80. The van der Waals surface area contributed by atoms with Gasteiger partial charge in [0.2, 0.25) is 5.91 Å². The molecule has 2 N–H and O–H groups in total. The van der Waals surface area contributed by atoms with Crippen molar-refractivity contribution in [3.8, 4) is 11.5 Å². The number of anilines is 1. The molecule has 0 atom stereocenters. The van der Waals surface area contributed by atoms with Crippen LogP contribution < -0.4 is 20.1 Å². The monoisotopic (exact) mass is 364 g/mol. The summed E-state index contributed by atoms with van der Waals surface area (Å²) in [6.07, 6.45) is -0.0797. The molecule has 0 aromatic heterocycles. The van der Waals surface area contributed by atoms with Gasteiger partial charge in [0.15, 0.2) is 0 Å². The summed E-state index contributed by atoms with van der Waals surface area (Å²) >= 11 is 0. The van der Waals surface area contributed by atoms with Gasteiger partial charge in [-0.05, 0) is 24.3 Å². The summed E-state index contributed by atoms with van der Waals surface area (Å²) in [5, 5.41) is 4.89. The maximum atomic E-state index is 13.5. The SMILES string of the molecule is COc1cc(OC)cc(C(=O)NCCC(=O)Nc2ccc(F)cc2F)c1. The van der Waals surface area contributed by atoms with Crippen LogP contribution in [0.25, 0.3) is 0 Å². The van der Waals surface area contributed by atoms with Gasteiger partial charge in [-0.3, -0.25) is 9.59 Å². The number of amides is 2. The molecule has 2 amide bonds. The van der Waals surface area contributed by atoms with E-state index in [4.69, 9.17) is 9.47 Å². The summed E-state index contributed by atoms with van der Waals surface area (Å²) in [7, 11) is 2.94. The van der Waals surface area contributed by atoms with Crippen molar-refractivity contribution in [1.82, 2.24) is 5.32 Å². The Balaban J connectivity index is 1.88. The van der Waals surface area contributed by atoms with Crippen LogP contribution in [0, 0.1) is 11.6 Å². The molecule has 26 heavy (non-hydrogen) atoms. The van der Waals surface area contributed by atoms with E-state index < -0.39 is 23.4 Å². The highest BCUT2D eigenvalue weighted by Gasteiger charge is 2.11. The highest BCUT2D eigenvalue weighted by molar-refractivity contribution is 5.96. The smallest absolute Gasteiger partial charge is 0.251 e. The quantitative estimate of drug-likeness (QED) is 0.792. The van der Waals surface area contributed by atoms with E-state index in [2.05, 4.69) is 10.6 Å². The Labute approximate surface area is 149 Å². The Bertz CT molecular complexity index is 790. The highest BCUT2D eigenvalue weighted by Crippen LogP contribution is 2.22. The zero-order valence-electron chi connectivity index (χ0n) is 14.3. The third-order valence-corrected chi connectivity index (χ3v) is 3.46.